The molecule has 1 aliphatic heterocycles. The largest absolute Gasteiger partial charge is 0.493 e. The van der Waals surface area contributed by atoms with Gasteiger partial charge in [0.25, 0.3) is 0 Å². The average molecular weight is 419 g/mol. The first-order valence-electron chi connectivity index (χ1n) is 9.35. The fourth-order valence-corrected chi connectivity index (χ4v) is 4.49. The Hall–Kier alpha value is -2.58. The van der Waals surface area contributed by atoms with Gasteiger partial charge in [0.1, 0.15) is 0 Å². The zero-order valence-electron chi connectivity index (χ0n) is 17.1. The summed E-state index contributed by atoms with van der Waals surface area (Å²) in [5, 5.41) is 0. The van der Waals surface area contributed by atoms with Crippen molar-refractivity contribution in [3.8, 4) is 11.5 Å². The third-order valence-corrected chi connectivity index (χ3v) is 6.93. The van der Waals surface area contributed by atoms with Crippen molar-refractivity contribution in [3.63, 3.8) is 0 Å². The zero-order valence-corrected chi connectivity index (χ0v) is 18.0. The first kappa shape index (κ1) is 21.1. The molecule has 0 atom stereocenters. The van der Waals surface area contributed by atoms with Gasteiger partial charge in [-0.05, 0) is 48.2 Å². The van der Waals surface area contributed by atoms with Crippen LogP contribution in [-0.2, 0) is 27.7 Å². The Morgan fingerprint density at radius 2 is 1.90 bits per heavy atom. The van der Waals surface area contributed by atoms with Crippen LogP contribution in [0.5, 0.6) is 11.5 Å². The van der Waals surface area contributed by atoms with Crippen LogP contribution in [0, 0.1) is 0 Å². The normalized spacial score (nSPS) is 13.5. The van der Waals surface area contributed by atoms with Gasteiger partial charge < -0.3 is 14.4 Å². The molecule has 7 nitrogen and oxygen atoms in total. The van der Waals surface area contributed by atoms with Crippen LogP contribution in [0.15, 0.2) is 41.3 Å². The van der Waals surface area contributed by atoms with Crippen molar-refractivity contribution in [2.75, 3.05) is 39.8 Å². The highest BCUT2D eigenvalue weighted by molar-refractivity contribution is 7.89. The topological polar surface area (TPSA) is 76.2 Å². The number of nitrogens with zero attached hydrogens (tertiary/aromatic N) is 2. The molecule has 1 aliphatic rings. The predicted molar refractivity (Wildman–Crippen MR) is 111 cm³/mol. The first-order chi connectivity index (χ1) is 13.8. The number of rotatable bonds is 7. The molecule has 1 heterocycles. The van der Waals surface area contributed by atoms with Crippen molar-refractivity contribution < 1.29 is 22.7 Å². The Morgan fingerprint density at radius 1 is 1.14 bits per heavy atom. The monoisotopic (exact) mass is 418 g/mol. The minimum atomic E-state index is -3.49. The average Bonchev–Trinajstić information content (AvgIpc) is 3.14. The molecule has 3 rings (SSSR count). The minimum Gasteiger partial charge on any atom is -0.493 e. The highest BCUT2D eigenvalue weighted by Crippen LogP contribution is 2.33. The fourth-order valence-electron chi connectivity index (χ4n) is 3.54. The van der Waals surface area contributed by atoms with Gasteiger partial charge in [-0.1, -0.05) is 12.1 Å². The Balaban J connectivity index is 1.76. The van der Waals surface area contributed by atoms with Gasteiger partial charge in [0.2, 0.25) is 15.9 Å². The summed E-state index contributed by atoms with van der Waals surface area (Å²) >= 11 is 0. The Labute approximate surface area is 171 Å². The highest BCUT2D eigenvalue weighted by Gasteiger charge is 2.27. The number of methoxy groups -OCH3 is 2. The lowest BCUT2D eigenvalue weighted by atomic mass is 10.1. The lowest BCUT2D eigenvalue weighted by Crippen LogP contribution is -2.29. The molecule has 0 fully saturated rings. The van der Waals surface area contributed by atoms with Crippen molar-refractivity contribution in [3.05, 3.63) is 47.5 Å². The van der Waals surface area contributed by atoms with Gasteiger partial charge in [-0.3, -0.25) is 4.79 Å². The molecule has 0 N–H and O–H groups in total. The van der Waals surface area contributed by atoms with E-state index >= 15 is 0 Å². The molecule has 0 spiro atoms. The summed E-state index contributed by atoms with van der Waals surface area (Å²) in [5.41, 5.74) is 2.57. The molecule has 2 aromatic carbocycles. The lowest BCUT2D eigenvalue weighted by molar-refractivity contribution is -0.118. The molecule has 0 unspecified atom stereocenters. The van der Waals surface area contributed by atoms with Crippen LogP contribution in [0.3, 0.4) is 0 Å². The number of para-hydroxylation sites is 1. The number of hydrogen-bond donors (Lipinski definition) is 0. The lowest BCUT2D eigenvalue weighted by Gasteiger charge is -2.19. The van der Waals surface area contributed by atoms with E-state index in [1.165, 1.54) is 18.4 Å². The number of carbonyl (C=O) groups excluding carboxylic acids is 1. The van der Waals surface area contributed by atoms with Crippen molar-refractivity contribution in [1.82, 2.24) is 4.31 Å². The second kappa shape index (κ2) is 8.42. The molecule has 0 saturated heterocycles. The number of carbonyl (C=O) groups is 1. The van der Waals surface area contributed by atoms with Crippen molar-refractivity contribution in [2.45, 2.75) is 24.2 Å². The summed E-state index contributed by atoms with van der Waals surface area (Å²) in [5.74, 6) is 1.28. The van der Waals surface area contributed by atoms with Gasteiger partial charge in [0.15, 0.2) is 11.5 Å². The maximum atomic E-state index is 12.9. The van der Waals surface area contributed by atoms with E-state index in [4.69, 9.17) is 9.47 Å². The van der Waals surface area contributed by atoms with Crippen molar-refractivity contribution in [1.29, 1.82) is 0 Å². The number of sulfonamides is 1. The number of anilines is 1. The standard InChI is InChI=1S/C21H26N2O5S/c1-22(2)29(25,26)17-9-10-18-16(14-17)12-13-23(18)20(24)11-8-15-6-5-7-19(27-3)21(15)28-4/h5-7,9-10,14H,8,11-13H2,1-4H3. The van der Waals surface area contributed by atoms with Gasteiger partial charge >= 0.3 is 0 Å². The predicted octanol–water partition coefficient (Wildman–Crippen LogP) is 2.48. The van der Waals surface area contributed by atoms with Crippen LogP contribution in [-0.4, -0.2) is 53.5 Å². The van der Waals surface area contributed by atoms with E-state index in [-0.39, 0.29) is 10.8 Å². The molecule has 0 aromatic heterocycles. The van der Waals surface area contributed by atoms with Gasteiger partial charge in [0, 0.05) is 32.7 Å². The van der Waals surface area contributed by atoms with Crippen LogP contribution in [0.25, 0.3) is 0 Å². The van der Waals surface area contributed by atoms with Crippen LogP contribution < -0.4 is 14.4 Å². The van der Waals surface area contributed by atoms with E-state index in [9.17, 15) is 13.2 Å². The molecule has 2 aromatic rings. The first-order valence-corrected chi connectivity index (χ1v) is 10.8. The van der Waals surface area contributed by atoms with E-state index in [1.54, 1.807) is 37.3 Å². The summed E-state index contributed by atoms with van der Waals surface area (Å²) in [4.78, 5) is 14.8. The summed E-state index contributed by atoms with van der Waals surface area (Å²) < 4.78 is 36.6. The van der Waals surface area contributed by atoms with E-state index in [2.05, 4.69) is 0 Å². The van der Waals surface area contributed by atoms with E-state index in [0.717, 1.165) is 16.8 Å². The van der Waals surface area contributed by atoms with Crippen molar-refractivity contribution >= 4 is 21.6 Å². The van der Waals surface area contributed by atoms with E-state index < -0.39 is 10.0 Å². The third kappa shape index (κ3) is 4.09. The van der Waals surface area contributed by atoms with E-state index in [1.807, 2.05) is 18.2 Å². The second-order valence-electron chi connectivity index (χ2n) is 7.03. The summed E-state index contributed by atoms with van der Waals surface area (Å²) in [6.07, 6.45) is 1.49. The molecule has 1 amide bonds. The molecule has 8 heteroatoms. The Kier molecular flexibility index (Phi) is 6.14. The molecular formula is C21H26N2O5S. The van der Waals surface area contributed by atoms with Crippen LogP contribution >= 0.6 is 0 Å². The molecule has 0 aliphatic carbocycles. The minimum absolute atomic E-state index is 0.00293. The van der Waals surface area contributed by atoms with E-state index in [0.29, 0.717) is 37.3 Å². The zero-order chi connectivity index (χ0) is 21.2. The molecule has 0 saturated carbocycles. The summed E-state index contributed by atoms with van der Waals surface area (Å²) in [6, 6.07) is 10.6. The number of ether oxygens (including phenoxy) is 2. The third-order valence-electron chi connectivity index (χ3n) is 5.12. The van der Waals surface area contributed by atoms with Gasteiger partial charge in [-0.15, -0.1) is 0 Å². The number of amides is 1. The van der Waals surface area contributed by atoms with Gasteiger partial charge in [-0.2, -0.15) is 0 Å². The van der Waals surface area contributed by atoms with Crippen LogP contribution in [0.1, 0.15) is 17.5 Å². The summed E-state index contributed by atoms with van der Waals surface area (Å²) in [7, 11) is 2.68. The quantitative estimate of drug-likeness (QED) is 0.691. The fraction of sp³-hybridized carbons (Fsp3) is 0.381. The Morgan fingerprint density at radius 3 is 2.55 bits per heavy atom. The van der Waals surface area contributed by atoms with Gasteiger partial charge in [0.05, 0.1) is 19.1 Å². The maximum Gasteiger partial charge on any atom is 0.242 e. The molecule has 0 radical (unpaired) electrons. The number of fused-ring (bicyclic) bond motifs is 1. The van der Waals surface area contributed by atoms with Gasteiger partial charge in [-0.25, -0.2) is 12.7 Å². The summed E-state index contributed by atoms with van der Waals surface area (Å²) in [6.45, 7) is 0.550. The maximum absolute atomic E-state index is 12.9. The smallest absolute Gasteiger partial charge is 0.242 e. The number of hydrogen-bond acceptors (Lipinski definition) is 5. The SMILES string of the molecule is COc1cccc(CCC(=O)N2CCc3cc(S(=O)(=O)N(C)C)ccc32)c1OC. The second-order valence-corrected chi connectivity index (χ2v) is 9.18. The number of benzene rings is 2. The molecule has 29 heavy (non-hydrogen) atoms. The molecule has 0 bridgehead atoms. The van der Waals surface area contributed by atoms with Crippen LogP contribution in [0.2, 0.25) is 0 Å². The van der Waals surface area contributed by atoms with Crippen LogP contribution in [0.4, 0.5) is 5.69 Å². The number of aryl methyl sites for hydroxylation is 1. The Bertz CT molecular complexity index is 1020. The highest BCUT2D eigenvalue weighted by atomic mass is 32.2. The molecule has 156 valence electrons. The molecular weight excluding hydrogens is 392 g/mol. The van der Waals surface area contributed by atoms with Crippen molar-refractivity contribution in [2.24, 2.45) is 0 Å².